The van der Waals surface area contributed by atoms with Gasteiger partial charge in [0, 0.05) is 11.6 Å². The number of rotatable bonds is 7. The zero-order valence-electron chi connectivity index (χ0n) is 11.5. The molecule has 0 saturated heterocycles. The van der Waals surface area contributed by atoms with Gasteiger partial charge in [0.05, 0.1) is 6.61 Å². The Bertz CT molecular complexity index is 528. The Hall–Kier alpha value is -1.51. The van der Waals surface area contributed by atoms with Crippen LogP contribution in [0.15, 0.2) is 48.5 Å². The Morgan fingerprint density at radius 3 is 2.50 bits per heavy atom. The quantitative estimate of drug-likeness (QED) is 0.775. The van der Waals surface area contributed by atoms with E-state index in [1.54, 1.807) is 0 Å². The Morgan fingerprint density at radius 2 is 1.80 bits per heavy atom. The van der Waals surface area contributed by atoms with Gasteiger partial charge < -0.3 is 10.5 Å². The van der Waals surface area contributed by atoms with Crippen molar-refractivity contribution in [2.75, 3.05) is 6.61 Å². The molecule has 2 aromatic rings. The SMILES string of the molecule is NCc1ccc(OCCCCc2ccccc2)cc1Cl. The monoisotopic (exact) mass is 289 g/mol. The van der Waals surface area contributed by atoms with Crippen LogP contribution in [0, 0.1) is 0 Å². The van der Waals surface area contributed by atoms with E-state index < -0.39 is 0 Å². The molecule has 0 spiro atoms. The summed E-state index contributed by atoms with van der Waals surface area (Å²) in [5.74, 6) is 0.812. The van der Waals surface area contributed by atoms with Gasteiger partial charge in [0.15, 0.2) is 0 Å². The molecule has 0 aliphatic heterocycles. The van der Waals surface area contributed by atoms with E-state index in [4.69, 9.17) is 22.1 Å². The number of hydrogen-bond donors (Lipinski definition) is 1. The highest BCUT2D eigenvalue weighted by atomic mass is 35.5. The van der Waals surface area contributed by atoms with Crippen molar-refractivity contribution >= 4 is 11.6 Å². The second kappa shape index (κ2) is 7.93. The highest BCUT2D eigenvalue weighted by Gasteiger charge is 2.01. The molecule has 0 unspecified atom stereocenters. The average molecular weight is 290 g/mol. The molecule has 0 heterocycles. The molecule has 0 radical (unpaired) electrons. The summed E-state index contributed by atoms with van der Waals surface area (Å²) in [7, 11) is 0. The number of ether oxygens (including phenoxy) is 1. The minimum Gasteiger partial charge on any atom is -0.494 e. The maximum absolute atomic E-state index is 6.09. The second-order valence-corrected chi connectivity index (χ2v) is 5.16. The third kappa shape index (κ3) is 4.55. The first-order valence-corrected chi connectivity index (χ1v) is 7.32. The van der Waals surface area contributed by atoms with Gasteiger partial charge in [-0.15, -0.1) is 0 Å². The van der Waals surface area contributed by atoms with Crippen molar-refractivity contribution in [1.82, 2.24) is 0 Å². The Balaban J connectivity index is 1.69. The molecule has 0 aliphatic rings. The van der Waals surface area contributed by atoms with Gasteiger partial charge in [0.2, 0.25) is 0 Å². The van der Waals surface area contributed by atoms with E-state index in [-0.39, 0.29) is 0 Å². The maximum atomic E-state index is 6.09. The molecule has 2 rings (SSSR count). The van der Waals surface area contributed by atoms with E-state index in [0.717, 1.165) is 30.6 Å². The van der Waals surface area contributed by atoms with Crippen molar-refractivity contribution in [2.24, 2.45) is 5.73 Å². The van der Waals surface area contributed by atoms with Crippen LogP contribution in [-0.2, 0) is 13.0 Å². The van der Waals surface area contributed by atoms with Gasteiger partial charge in [-0.2, -0.15) is 0 Å². The first-order chi connectivity index (χ1) is 9.79. The predicted octanol–water partition coefficient (Wildman–Crippen LogP) is 4.20. The number of hydrogen-bond acceptors (Lipinski definition) is 2. The zero-order chi connectivity index (χ0) is 14.2. The minimum atomic E-state index is 0.455. The lowest BCUT2D eigenvalue weighted by atomic mass is 10.1. The molecule has 2 N–H and O–H groups in total. The van der Waals surface area contributed by atoms with Crippen molar-refractivity contribution in [3.63, 3.8) is 0 Å². The summed E-state index contributed by atoms with van der Waals surface area (Å²) < 4.78 is 5.70. The van der Waals surface area contributed by atoms with Gasteiger partial charge in [-0.1, -0.05) is 48.0 Å². The summed E-state index contributed by atoms with van der Waals surface area (Å²) in [5.41, 5.74) is 7.90. The molecule has 2 aromatic carbocycles. The Labute approximate surface area is 125 Å². The molecule has 0 amide bonds. The average Bonchev–Trinajstić information content (AvgIpc) is 2.48. The van der Waals surface area contributed by atoms with Gasteiger partial charge in [-0.3, -0.25) is 0 Å². The van der Waals surface area contributed by atoms with Crippen LogP contribution in [0.2, 0.25) is 5.02 Å². The van der Waals surface area contributed by atoms with Crippen molar-refractivity contribution in [3.8, 4) is 5.75 Å². The van der Waals surface area contributed by atoms with Crippen LogP contribution in [-0.4, -0.2) is 6.61 Å². The van der Waals surface area contributed by atoms with Crippen molar-refractivity contribution in [3.05, 3.63) is 64.7 Å². The van der Waals surface area contributed by atoms with E-state index >= 15 is 0 Å². The molecule has 106 valence electrons. The van der Waals surface area contributed by atoms with Crippen LogP contribution in [0.3, 0.4) is 0 Å². The smallest absolute Gasteiger partial charge is 0.120 e. The third-order valence-electron chi connectivity index (χ3n) is 3.22. The highest BCUT2D eigenvalue weighted by Crippen LogP contribution is 2.22. The standard InChI is InChI=1S/C17H20ClNO/c18-17-12-16(10-9-15(17)13-19)20-11-5-4-8-14-6-2-1-3-7-14/h1-3,6-7,9-10,12H,4-5,8,11,13,19H2. The summed E-state index contributed by atoms with van der Waals surface area (Å²) >= 11 is 6.09. The summed E-state index contributed by atoms with van der Waals surface area (Å²) in [4.78, 5) is 0. The van der Waals surface area contributed by atoms with E-state index in [0.29, 0.717) is 18.2 Å². The molecule has 0 bridgehead atoms. The van der Waals surface area contributed by atoms with Crippen LogP contribution in [0.5, 0.6) is 5.75 Å². The lowest BCUT2D eigenvalue weighted by Crippen LogP contribution is -2.00. The van der Waals surface area contributed by atoms with E-state index in [2.05, 4.69) is 24.3 Å². The van der Waals surface area contributed by atoms with Crippen molar-refractivity contribution < 1.29 is 4.74 Å². The maximum Gasteiger partial charge on any atom is 0.120 e. The molecule has 0 fully saturated rings. The van der Waals surface area contributed by atoms with Crippen LogP contribution in [0.25, 0.3) is 0 Å². The van der Waals surface area contributed by atoms with Crippen LogP contribution in [0.1, 0.15) is 24.0 Å². The molecule has 0 aromatic heterocycles. The molecule has 0 aliphatic carbocycles. The Kier molecular flexibility index (Phi) is 5.90. The molecule has 0 saturated carbocycles. The highest BCUT2D eigenvalue weighted by molar-refractivity contribution is 6.31. The number of unbranched alkanes of at least 4 members (excludes halogenated alkanes) is 1. The first kappa shape index (κ1) is 14.9. The fourth-order valence-electron chi connectivity index (χ4n) is 2.05. The number of aryl methyl sites for hydroxylation is 1. The van der Waals surface area contributed by atoms with Crippen LogP contribution in [0.4, 0.5) is 0 Å². The minimum absolute atomic E-state index is 0.455. The fourth-order valence-corrected chi connectivity index (χ4v) is 2.30. The molecule has 2 nitrogen and oxygen atoms in total. The Morgan fingerprint density at radius 1 is 1.00 bits per heavy atom. The molecule has 20 heavy (non-hydrogen) atoms. The number of benzene rings is 2. The van der Waals surface area contributed by atoms with Crippen molar-refractivity contribution in [1.29, 1.82) is 0 Å². The fraction of sp³-hybridized carbons (Fsp3) is 0.294. The second-order valence-electron chi connectivity index (χ2n) is 4.75. The third-order valence-corrected chi connectivity index (χ3v) is 3.57. The molecule has 0 atom stereocenters. The summed E-state index contributed by atoms with van der Waals surface area (Å²) in [6, 6.07) is 16.2. The van der Waals surface area contributed by atoms with Crippen LogP contribution < -0.4 is 10.5 Å². The van der Waals surface area contributed by atoms with E-state index in [9.17, 15) is 0 Å². The number of halogens is 1. The summed E-state index contributed by atoms with van der Waals surface area (Å²) in [5, 5.41) is 0.675. The lowest BCUT2D eigenvalue weighted by Gasteiger charge is -2.08. The van der Waals surface area contributed by atoms with Gasteiger partial charge in [-0.25, -0.2) is 0 Å². The largest absolute Gasteiger partial charge is 0.494 e. The van der Waals surface area contributed by atoms with E-state index in [1.807, 2.05) is 24.3 Å². The zero-order valence-corrected chi connectivity index (χ0v) is 12.3. The number of nitrogens with two attached hydrogens (primary N) is 1. The van der Waals surface area contributed by atoms with Gasteiger partial charge in [-0.05, 0) is 42.5 Å². The topological polar surface area (TPSA) is 35.2 Å². The predicted molar refractivity (Wildman–Crippen MR) is 84.2 cm³/mol. The van der Waals surface area contributed by atoms with Crippen molar-refractivity contribution in [2.45, 2.75) is 25.8 Å². The molecule has 3 heteroatoms. The summed E-state index contributed by atoms with van der Waals surface area (Å²) in [6.45, 7) is 1.17. The van der Waals surface area contributed by atoms with E-state index in [1.165, 1.54) is 5.56 Å². The van der Waals surface area contributed by atoms with Gasteiger partial charge in [0.1, 0.15) is 5.75 Å². The summed E-state index contributed by atoms with van der Waals surface area (Å²) in [6.07, 6.45) is 3.25. The normalized spacial score (nSPS) is 10.5. The van der Waals surface area contributed by atoms with Gasteiger partial charge >= 0.3 is 0 Å². The first-order valence-electron chi connectivity index (χ1n) is 6.95. The lowest BCUT2D eigenvalue weighted by molar-refractivity contribution is 0.307. The molecular formula is C17H20ClNO. The van der Waals surface area contributed by atoms with Gasteiger partial charge in [0.25, 0.3) is 0 Å². The molecular weight excluding hydrogens is 270 g/mol. The van der Waals surface area contributed by atoms with Crippen LogP contribution >= 0.6 is 11.6 Å².